The Morgan fingerprint density at radius 3 is 2.81 bits per heavy atom. The molecule has 0 aliphatic heterocycles. The van der Waals surface area contributed by atoms with Gasteiger partial charge in [-0.2, -0.15) is 0 Å². The van der Waals surface area contributed by atoms with Crippen LogP contribution in [0.5, 0.6) is 0 Å². The molecule has 0 aliphatic carbocycles. The fourth-order valence-corrected chi connectivity index (χ4v) is 1.79. The zero-order valence-corrected chi connectivity index (χ0v) is 11.7. The molecule has 110 valence electrons. The van der Waals surface area contributed by atoms with E-state index in [0.29, 0.717) is 17.2 Å². The van der Waals surface area contributed by atoms with Crippen LogP contribution in [0.4, 0.5) is 10.5 Å². The maximum atomic E-state index is 12.0. The summed E-state index contributed by atoms with van der Waals surface area (Å²) in [6.45, 7) is 1.67. The van der Waals surface area contributed by atoms with E-state index < -0.39 is 5.97 Å². The molecule has 0 aliphatic rings. The Kier molecular flexibility index (Phi) is 4.22. The molecule has 0 saturated carbocycles. The van der Waals surface area contributed by atoms with Crippen LogP contribution in [0.3, 0.4) is 0 Å². The number of urea groups is 1. The van der Waals surface area contributed by atoms with Crippen molar-refractivity contribution in [2.45, 2.75) is 13.5 Å². The van der Waals surface area contributed by atoms with Gasteiger partial charge in [-0.25, -0.2) is 9.59 Å². The molecule has 0 fully saturated rings. The molecule has 2 amide bonds. The quantitative estimate of drug-likeness (QED) is 0.897. The number of carboxylic acids is 1. The molecule has 2 aromatic heterocycles. The number of hydrogen-bond acceptors (Lipinski definition) is 4. The summed E-state index contributed by atoms with van der Waals surface area (Å²) in [7, 11) is 1.61. The van der Waals surface area contributed by atoms with Gasteiger partial charge in [0, 0.05) is 13.2 Å². The first-order valence-corrected chi connectivity index (χ1v) is 6.23. The fourth-order valence-electron chi connectivity index (χ4n) is 1.79. The molecule has 7 nitrogen and oxygen atoms in total. The first-order valence-electron chi connectivity index (χ1n) is 6.23. The number of pyridine rings is 1. The highest BCUT2D eigenvalue weighted by Gasteiger charge is 2.15. The van der Waals surface area contributed by atoms with Crippen LogP contribution in [-0.4, -0.2) is 29.1 Å². The predicted octanol–water partition coefficient (Wildman–Crippen LogP) is 2.03. The molecule has 7 heteroatoms. The number of amides is 2. The van der Waals surface area contributed by atoms with Crippen LogP contribution in [0.2, 0.25) is 0 Å². The molecule has 2 heterocycles. The first kappa shape index (κ1) is 14.6. The maximum Gasteiger partial charge on any atom is 0.339 e. The normalized spacial score (nSPS) is 10.2. The van der Waals surface area contributed by atoms with Crippen molar-refractivity contribution < 1.29 is 19.1 Å². The number of carbonyl (C=O) groups is 2. The monoisotopic (exact) mass is 289 g/mol. The minimum Gasteiger partial charge on any atom is -0.478 e. The van der Waals surface area contributed by atoms with Gasteiger partial charge in [-0.15, -0.1) is 0 Å². The van der Waals surface area contributed by atoms with Gasteiger partial charge in [-0.05, 0) is 25.1 Å². The van der Waals surface area contributed by atoms with E-state index in [1.807, 2.05) is 0 Å². The van der Waals surface area contributed by atoms with Gasteiger partial charge in [0.15, 0.2) is 0 Å². The van der Waals surface area contributed by atoms with Gasteiger partial charge in [0.2, 0.25) is 0 Å². The zero-order valence-electron chi connectivity index (χ0n) is 11.7. The van der Waals surface area contributed by atoms with Gasteiger partial charge in [-0.1, -0.05) is 0 Å². The van der Waals surface area contributed by atoms with Crippen LogP contribution in [-0.2, 0) is 6.54 Å². The van der Waals surface area contributed by atoms with Crippen LogP contribution < -0.4 is 10.2 Å². The topological polar surface area (TPSA) is 95.7 Å². The smallest absolute Gasteiger partial charge is 0.339 e. The van der Waals surface area contributed by atoms with Gasteiger partial charge >= 0.3 is 12.0 Å². The van der Waals surface area contributed by atoms with Gasteiger partial charge < -0.3 is 14.8 Å². The number of rotatable bonds is 4. The van der Waals surface area contributed by atoms with Gasteiger partial charge in [0.25, 0.3) is 0 Å². The minimum absolute atomic E-state index is 0.0971. The number of carbonyl (C=O) groups excluding carboxylic acids is 1. The van der Waals surface area contributed by atoms with E-state index in [1.54, 1.807) is 38.5 Å². The highest BCUT2D eigenvalue weighted by molar-refractivity contribution is 5.91. The molecule has 0 spiro atoms. The third-order valence-corrected chi connectivity index (χ3v) is 2.95. The number of nitrogens with zero attached hydrogens (tertiary/aromatic N) is 2. The maximum absolute atomic E-state index is 12.0. The fraction of sp³-hybridized carbons (Fsp3) is 0.214. The molecule has 0 aromatic carbocycles. The van der Waals surface area contributed by atoms with Crippen molar-refractivity contribution in [1.29, 1.82) is 0 Å². The second-order valence-corrected chi connectivity index (χ2v) is 4.42. The van der Waals surface area contributed by atoms with E-state index >= 15 is 0 Å². The van der Waals surface area contributed by atoms with Crippen molar-refractivity contribution in [3.05, 3.63) is 47.7 Å². The lowest BCUT2D eigenvalue weighted by molar-refractivity contribution is 0.0695. The summed E-state index contributed by atoms with van der Waals surface area (Å²) in [4.78, 5) is 28.2. The van der Waals surface area contributed by atoms with Crippen LogP contribution >= 0.6 is 0 Å². The molecule has 0 atom stereocenters. The van der Waals surface area contributed by atoms with Crippen LogP contribution in [0, 0.1) is 6.92 Å². The Labute approximate surface area is 121 Å². The van der Waals surface area contributed by atoms with Crippen molar-refractivity contribution in [3.63, 3.8) is 0 Å². The number of carboxylic acid groups (broad SMARTS) is 1. The summed E-state index contributed by atoms with van der Waals surface area (Å²) >= 11 is 0. The molecule has 0 radical (unpaired) electrons. The SMILES string of the molecule is Cc1oc(CNC(=O)N(C)c2cccnc2)cc1C(=O)O. The summed E-state index contributed by atoms with van der Waals surface area (Å²) in [5, 5.41) is 11.6. The van der Waals surface area contributed by atoms with Gasteiger partial charge in [-0.3, -0.25) is 9.88 Å². The Morgan fingerprint density at radius 1 is 1.48 bits per heavy atom. The zero-order chi connectivity index (χ0) is 15.4. The lowest BCUT2D eigenvalue weighted by Crippen LogP contribution is -2.36. The Hall–Kier alpha value is -2.83. The molecular formula is C14H15N3O4. The third-order valence-electron chi connectivity index (χ3n) is 2.95. The van der Waals surface area contributed by atoms with Crippen molar-refractivity contribution in [2.24, 2.45) is 0 Å². The van der Waals surface area contributed by atoms with E-state index in [1.165, 1.54) is 11.0 Å². The highest BCUT2D eigenvalue weighted by atomic mass is 16.4. The van der Waals surface area contributed by atoms with Crippen LogP contribution in [0.1, 0.15) is 21.9 Å². The van der Waals surface area contributed by atoms with E-state index in [0.717, 1.165) is 0 Å². The molecule has 2 N–H and O–H groups in total. The highest BCUT2D eigenvalue weighted by Crippen LogP contribution is 2.15. The third kappa shape index (κ3) is 3.38. The second-order valence-electron chi connectivity index (χ2n) is 4.42. The summed E-state index contributed by atoms with van der Waals surface area (Å²) in [5.74, 6) is -0.355. The molecule has 2 aromatic rings. The van der Waals surface area contributed by atoms with Crippen molar-refractivity contribution in [2.75, 3.05) is 11.9 Å². The van der Waals surface area contributed by atoms with E-state index in [4.69, 9.17) is 9.52 Å². The van der Waals surface area contributed by atoms with E-state index in [-0.39, 0.29) is 18.1 Å². The molecule has 21 heavy (non-hydrogen) atoms. The van der Waals surface area contributed by atoms with E-state index in [2.05, 4.69) is 10.3 Å². The number of aromatic nitrogens is 1. The predicted molar refractivity (Wildman–Crippen MR) is 75.3 cm³/mol. The molecular weight excluding hydrogens is 274 g/mol. The average molecular weight is 289 g/mol. The number of anilines is 1. The second kappa shape index (κ2) is 6.08. The standard InChI is InChI=1S/C14H15N3O4/c1-9-12(13(18)19)6-11(21-9)8-16-14(20)17(2)10-4-3-5-15-7-10/h3-7H,8H2,1-2H3,(H,16,20)(H,18,19). The summed E-state index contributed by atoms with van der Waals surface area (Å²) in [5.41, 5.74) is 0.747. The Balaban J connectivity index is 1.98. The minimum atomic E-state index is -1.05. The average Bonchev–Trinajstić information content (AvgIpc) is 2.86. The largest absolute Gasteiger partial charge is 0.478 e. The van der Waals surface area contributed by atoms with Crippen molar-refractivity contribution in [3.8, 4) is 0 Å². The number of aromatic carboxylic acids is 1. The molecule has 0 bridgehead atoms. The molecule has 0 unspecified atom stereocenters. The van der Waals surface area contributed by atoms with E-state index in [9.17, 15) is 9.59 Å². The first-order chi connectivity index (χ1) is 9.99. The summed E-state index contributed by atoms with van der Waals surface area (Å²) in [6, 6.07) is 4.55. The number of hydrogen-bond donors (Lipinski definition) is 2. The Bertz CT molecular complexity index is 651. The van der Waals surface area contributed by atoms with Crippen molar-refractivity contribution in [1.82, 2.24) is 10.3 Å². The summed E-state index contributed by atoms with van der Waals surface area (Å²) in [6.07, 6.45) is 3.19. The number of aryl methyl sites for hydroxylation is 1. The van der Waals surface area contributed by atoms with Gasteiger partial charge in [0.05, 0.1) is 18.4 Å². The summed E-state index contributed by atoms with van der Waals surface area (Å²) < 4.78 is 5.29. The molecule has 0 saturated heterocycles. The Morgan fingerprint density at radius 2 is 2.24 bits per heavy atom. The van der Waals surface area contributed by atoms with Gasteiger partial charge in [0.1, 0.15) is 17.1 Å². The van der Waals surface area contributed by atoms with Crippen molar-refractivity contribution >= 4 is 17.7 Å². The number of nitrogens with one attached hydrogen (secondary N) is 1. The number of furan rings is 1. The lowest BCUT2D eigenvalue weighted by atomic mass is 10.2. The molecule has 2 rings (SSSR count). The van der Waals surface area contributed by atoms with Crippen LogP contribution in [0.25, 0.3) is 0 Å². The lowest BCUT2D eigenvalue weighted by Gasteiger charge is -2.16. The van der Waals surface area contributed by atoms with Crippen LogP contribution in [0.15, 0.2) is 35.0 Å².